The van der Waals surface area contributed by atoms with Gasteiger partial charge in [-0.25, -0.2) is 0 Å². The predicted molar refractivity (Wildman–Crippen MR) is 85.2 cm³/mol. The van der Waals surface area contributed by atoms with E-state index in [1.54, 1.807) is 0 Å². The minimum atomic E-state index is 0.318. The van der Waals surface area contributed by atoms with Gasteiger partial charge in [-0.15, -0.1) is 0 Å². The van der Waals surface area contributed by atoms with Gasteiger partial charge in [-0.1, -0.05) is 49.0 Å². The second kappa shape index (κ2) is 6.19. The fraction of sp³-hybridized carbons (Fsp3) is 0.562. The van der Waals surface area contributed by atoms with Crippen molar-refractivity contribution in [1.29, 1.82) is 0 Å². The highest BCUT2D eigenvalue weighted by Gasteiger charge is 2.28. The van der Waals surface area contributed by atoms with Gasteiger partial charge >= 0.3 is 0 Å². The molecule has 2 saturated heterocycles. The summed E-state index contributed by atoms with van der Waals surface area (Å²) in [6.45, 7) is 5.00. The molecule has 108 valence electrons. The highest BCUT2D eigenvalue weighted by molar-refractivity contribution is 8.14. The molecular weight excluding hydrogens is 268 g/mol. The summed E-state index contributed by atoms with van der Waals surface area (Å²) in [5.41, 5.74) is 1.67. The van der Waals surface area contributed by atoms with Crippen molar-refractivity contribution in [2.75, 3.05) is 25.5 Å². The van der Waals surface area contributed by atoms with Crippen LogP contribution in [0.25, 0.3) is 0 Å². The highest BCUT2D eigenvalue weighted by atomic mass is 32.2. The van der Waals surface area contributed by atoms with Gasteiger partial charge in [0.15, 0.2) is 5.17 Å². The summed E-state index contributed by atoms with van der Waals surface area (Å²) in [6.07, 6.45) is 2.24. The van der Waals surface area contributed by atoms with Gasteiger partial charge in [0.05, 0.1) is 6.04 Å². The van der Waals surface area contributed by atoms with Crippen molar-refractivity contribution >= 4 is 16.9 Å². The lowest BCUT2D eigenvalue weighted by molar-refractivity contribution is 0.0283. The maximum absolute atomic E-state index is 5.44. The average Bonchev–Trinajstić information content (AvgIpc) is 2.96. The van der Waals surface area contributed by atoms with Gasteiger partial charge in [0.25, 0.3) is 0 Å². The molecule has 2 aliphatic rings. The Kier molecular flexibility index (Phi) is 4.32. The number of ether oxygens (including phenoxy) is 1. The summed E-state index contributed by atoms with van der Waals surface area (Å²) in [5.74, 6) is 1.07. The van der Waals surface area contributed by atoms with Crippen LogP contribution in [0, 0.1) is 5.41 Å². The van der Waals surface area contributed by atoms with Crippen LogP contribution in [0.4, 0.5) is 0 Å². The molecule has 0 aromatic heterocycles. The Labute approximate surface area is 125 Å². The third kappa shape index (κ3) is 3.36. The number of rotatable bonds is 3. The van der Waals surface area contributed by atoms with E-state index in [1.807, 2.05) is 11.8 Å². The lowest BCUT2D eigenvalue weighted by atomic mass is 9.83. The maximum Gasteiger partial charge on any atom is 0.157 e. The summed E-state index contributed by atoms with van der Waals surface area (Å²) in [5, 5.41) is 4.65. The van der Waals surface area contributed by atoms with Crippen molar-refractivity contribution in [3.8, 4) is 0 Å². The van der Waals surface area contributed by atoms with Crippen molar-refractivity contribution in [2.45, 2.75) is 25.8 Å². The minimum absolute atomic E-state index is 0.318. The second-order valence-electron chi connectivity index (χ2n) is 5.96. The molecule has 4 heteroatoms. The van der Waals surface area contributed by atoms with Crippen molar-refractivity contribution in [3.63, 3.8) is 0 Å². The van der Waals surface area contributed by atoms with Crippen LogP contribution < -0.4 is 5.32 Å². The topological polar surface area (TPSA) is 33.6 Å². The summed E-state index contributed by atoms with van der Waals surface area (Å²) < 4.78 is 5.44. The van der Waals surface area contributed by atoms with Gasteiger partial charge in [-0.2, -0.15) is 0 Å². The molecule has 0 spiro atoms. The minimum Gasteiger partial charge on any atom is -0.381 e. The van der Waals surface area contributed by atoms with Crippen molar-refractivity contribution in [2.24, 2.45) is 10.4 Å². The molecule has 1 N–H and O–H groups in total. The van der Waals surface area contributed by atoms with Crippen molar-refractivity contribution in [3.05, 3.63) is 35.9 Å². The zero-order valence-electron chi connectivity index (χ0n) is 12.0. The van der Waals surface area contributed by atoms with Gasteiger partial charge in [0, 0.05) is 25.5 Å². The molecule has 0 aliphatic carbocycles. The molecule has 0 amide bonds. The second-order valence-corrected chi connectivity index (χ2v) is 6.97. The van der Waals surface area contributed by atoms with Crippen LogP contribution in [0.15, 0.2) is 35.3 Å². The molecular formula is C16H22N2OS. The van der Waals surface area contributed by atoms with E-state index < -0.39 is 0 Å². The molecule has 1 unspecified atom stereocenters. The van der Waals surface area contributed by atoms with Crippen LogP contribution in [0.3, 0.4) is 0 Å². The largest absolute Gasteiger partial charge is 0.381 e. The first-order valence-electron chi connectivity index (χ1n) is 7.32. The summed E-state index contributed by atoms with van der Waals surface area (Å²) in [4.78, 5) is 4.81. The monoisotopic (exact) mass is 290 g/mol. The Bertz CT molecular complexity index is 469. The van der Waals surface area contributed by atoms with E-state index in [4.69, 9.17) is 9.73 Å². The molecule has 2 aliphatic heterocycles. The zero-order chi connectivity index (χ0) is 13.8. The van der Waals surface area contributed by atoms with E-state index in [9.17, 15) is 0 Å². The quantitative estimate of drug-likeness (QED) is 0.928. The fourth-order valence-electron chi connectivity index (χ4n) is 2.64. The Balaban J connectivity index is 1.58. The number of nitrogens with zero attached hydrogens (tertiary/aromatic N) is 1. The van der Waals surface area contributed by atoms with Crippen molar-refractivity contribution in [1.82, 2.24) is 5.32 Å². The summed E-state index contributed by atoms with van der Waals surface area (Å²) in [7, 11) is 0. The Morgan fingerprint density at radius 2 is 2.05 bits per heavy atom. The van der Waals surface area contributed by atoms with E-state index in [2.05, 4.69) is 42.6 Å². The molecule has 2 fully saturated rings. The molecule has 0 radical (unpaired) electrons. The standard InChI is InChI=1S/C16H22N2OS/c1-16(7-9-19-10-8-16)12-17-15-18-14(11-20-15)13-5-3-2-4-6-13/h2-6,14H,7-12H2,1H3,(H,17,18). The molecule has 2 heterocycles. The SMILES string of the molecule is CC1(CN=C2NC(c3ccccc3)CS2)CCOCC1. The predicted octanol–water partition coefficient (Wildman–Crippen LogP) is 3.24. The summed E-state index contributed by atoms with van der Waals surface area (Å²) in [6, 6.07) is 11.0. The van der Waals surface area contributed by atoms with Gasteiger partial charge < -0.3 is 10.1 Å². The fourth-order valence-corrected chi connectivity index (χ4v) is 3.62. The van der Waals surface area contributed by atoms with E-state index >= 15 is 0 Å². The molecule has 0 saturated carbocycles. The van der Waals surface area contributed by atoms with Crippen LogP contribution in [0.5, 0.6) is 0 Å². The lowest BCUT2D eigenvalue weighted by Crippen LogP contribution is -2.30. The molecule has 3 nitrogen and oxygen atoms in total. The van der Waals surface area contributed by atoms with Gasteiger partial charge in [-0.3, -0.25) is 4.99 Å². The van der Waals surface area contributed by atoms with Gasteiger partial charge in [-0.05, 0) is 23.8 Å². The third-order valence-corrected chi connectivity index (χ3v) is 5.21. The van der Waals surface area contributed by atoms with Crippen LogP contribution >= 0.6 is 11.8 Å². The Morgan fingerprint density at radius 1 is 1.30 bits per heavy atom. The number of hydrogen-bond donors (Lipinski definition) is 1. The number of aliphatic imine (C=N–C) groups is 1. The van der Waals surface area contributed by atoms with E-state index in [1.165, 1.54) is 5.56 Å². The highest BCUT2D eigenvalue weighted by Crippen LogP contribution is 2.31. The van der Waals surface area contributed by atoms with E-state index in [0.29, 0.717) is 11.5 Å². The Morgan fingerprint density at radius 3 is 2.80 bits per heavy atom. The molecule has 0 bridgehead atoms. The molecule has 1 aromatic rings. The third-order valence-electron chi connectivity index (χ3n) is 4.19. The molecule has 20 heavy (non-hydrogen) atoms. The van der Waals surface area contributed by atoms with Crippen LogP contribution in [0.2, 0.25) is 0 Å². The normalized spacial score (nSPS) is 27.4. The van der Waals surface area contributed by atoms with E-state index in [-0.39, 0.29) is 0 Å². The lowest BCUT2D eigenvalue weighted by Gasteiger charge is -2.31. The van der Waals surface area contributed by atoms with Crippen LogP contribution in [-0.2, 0) is 4.74 Å². The first-order valence-corrected chi connectivity index (χ1v) is 8.30. The molecule has 1 atom stereocenters. The van der Waals surface area contributed by atoms with Crippen LogP contribution in [-0.4, -0.2) is 30.7 Å². The number of benzene rings is 1. The zero-order valence-corrected chi connectivity index (χ0v) is 12.8. The smallest absolute Gasteiger partial charge is 0.157 e. The number of hydrogen-bond acceptors (Lipinski definition) is 3. The number of thioether (sulfide) groups is 1. The number of nitrogens with one attached hydrogen (secondary N) is 1. The first-order chi connectivity index (χ1) is 9.75. The average molecular weight is 290 g/mol. The number of amidine groups is 1. The van der Waals surface area contributed by atoms with Crippen LogP contribution in [0.1, 0.15) is 31.4 Å². The molecule has 3 rings (SSSR count). The Hall–Kier alpha value is -1.00. The first kappa shape index (κ1) is 14.0. The van der Waals surface area contributed by atoms with Gasteiger partial charge in [0.1, 0.15) is 0 Å². The van der Waals surface area contributed by atoms with Crippen molar-refractivity contribution < 1.29 is 4.74 Å². The maximum atomic E-state index is 5.44. The molecule has 1 aromatic carbocycles. The summed E-state index contributed by atoms with van der Waals surface area (Å²) >= 11 is 1.84. The van der Waals surface area contributed by atoms with E-state index in [0.717, 1.165) is 43.5 Å². The van der Waals surface area contributed by atoms with Gasteiger partial charge in [0.2, 0.25) is 0 Å².